The summed E-state index contributed by atoms with van der Waals surface area (Å²) in [5.74, 6) is 0.856. The second-order valence-corrected chi connectivity index (χ2v) is 8.36. The number of fused-ring (bicyclic) bond motifs is 1. The van der Waals surface area contributed by atoms with Gasteiger partial charge in [-0.1, -0.05) is 98.3 Å². The number of para-hydroxylation sites is 1. The summed E-state index contributed by atoms with van der Waals surface area (Å²) in [5, 5.41) is 1.13. The highest BCUT2D eigenvalue weighted by Gasteiger charge is 2.18. The van der Waals surface area contributed by atoms with Crippen LogP contribution in [0, 0.1) is 0 Å². The van der Waals surface area contributed by atoms with Crippen LogP contribution in [0.15, 0.2) is 103 Å². The summed E-state index contributed by atoms with van der Waals surface area (Å²) < 4.78 is 0. The Labute approximate surface area is 195 Å². The number of hydrogen-bond donors (Lipinski definition) is 0. The Morgan fingerprint density at radius 3 is 2.18 bits per heavy atom. The molecule has 0 bridgehead atoms. The van der Waals surface area contributed by atoms with Crippen molar-refractivity contribution in [1.29, 1.82) is 0 Å². The fourth-order valence-corrected chi connectivity index (χ4v) is 4.38. The van der Waals surface area contributed by atoms with Crippen molar-refractivity contribution in [2.45, 2.75) is 32.1 Å². The highest BCUT2D eigenvalue weighted by Crippen LogP contribution is 2.29. The van der Waals surface area contributed by atoms with Gasteiger partial charge >= 0.3 is 0 Å². The fraction of sp³-hybridized carbons (Fsp3) is 0.167. The standard InChI is InChI=1S/C30H27N3/c1-2-12-26-24-17-9-10-18-27(24)33-30(32-26)29-20-11-19-28(31-29)25(23-15-7-4-8-16-23)21-22-13-5-3-6-14-22/h3-11,13-20,25H,2,12,21H2,1H3. The third-order valence-electron chi connectivity index (χ3n) is 6.01. The van der Waals surface area contributed by atoms with Crippen LogP contribution in [0.4, 0.5) is 0 Å². The molecule has 5 rings (SSSR count). The van der Waals surface area contributed by atoms with Crippen molar-refractivity contribution in [3.05, 3.63) is 126 Å². The predicted molar refractivity (Wildman–Crippen MR) is 135 cm³/mol. The molecule has 3 aromatic carbocycles. The van der Waals surface area contributed by atoms with E-state index in [1.54, 1.807) is 0 Å². The van der Waals surface area contributed by atoms with Crippen LogP contribution in [0.3, 0.4) is 0 Å². The minimum absolute atomic E-state index is 0.157. The Bertz CT molecular complexity index is 1350. The number of aromatic nitrogens is 3. The normalized spacial score (nSPS) is 12.0. The molecule has 0 saturated carbocycles. The van der Waals surface area contributed by atoms with E-state index in [1.165, 1.54) is 11.1 Å². The third kappa shape index (κ3) is 4.68. The monoisotopic (exact) mass is 429 g/mol. The summed E-state index contributed by atoms with van der Waals surface area (Å²) in [5.41, 5.74) is 6.49. The molecule has 1 atom stereocenters. The first kappa shape index (κ1) is 21.0. The van der Waals surface area contributed by atoms with Gasteiger partial charge in [0.05, 0.1) is 11.2 Å². The van der Waals surface area contributed by atoms with E-state index in [2.05, 4.69) is 97.9 Å². The van der Waals surface area contributed by atoms with E-state index in [1.807, 2.05) is 12.1 Å². The van der Waals surface area contributed by atoms with Gasteiger partial charge in [0, 0.05) is 17.0 Å². The van der Waals surface area contributed by atoms with Crippen molar-refractivity contribution < 1.29 is 0 Å². The van der Waals surface area contributed by atoms with Crippen LogP contribution >= 0.6 is 0 Å². The molecule has 5 aromatic rings. The minimum Gasteiger partial charge on any atom is -0.249 e. The van der Waals surface area contributed by atoms with Crippen LogP contribution in [0.2, 0.25) is 0 Å². The third-order valence-corrected chi connectivity index (χ3v) is 6.01. The van der Waals surface area contributed by atoms with Gasteiger partial charge in [-0.25, -0.2) is 15.0 Å². The first-order chi connectivity index (χ1) is 16.3. The van der Waals surface area contributed by atoms with Gasteiger partial charge in [-0.2, -0.15) is 0 Å². The molecule has 3 nitrogen and oxygen atoms in total. The summed E-state index contributed by atoms with van der Waals surface area (Å²) in [6.45, 7) is 2.18. The first-order valence-electron chi connectivity index (χ1n) is 11.6. The number of hydrogen-bond acceptors (Lipinski definition) is 3. The Morgan fingerprint density at radius 2 is 1.39 bits per heavy atom. The zero-order chi connectivity index (χ0) is 22.5. The molecular formula is C30H27N3. The van der Waals surface area contributed by atoms with E-state index < -0.39 is 0 Å². The van der Waals surface area contributed by atoms with Crippen molar-refractivity contribution in [3.63, 3.8) is 0 Å². The van der Waals surface area contributed by atoms with Gasteiger partial charge in [0.25, 0.3) is 0 Å². The molecule has 3 heteroatoms. The fourth-order valence-electron chi connectivity index (χ4n) is 4.38. The Morgan fingerprint density at radius 1 is 0.667 bits per heavy atom. The predicted octanol–water partition coefficient (Wildman–Crippen LogP) is 7.02. The molecule has 0 aliphatic heterocycles. The zero-order valence-electron chi connectivity index (χ0n) is 18.9. The van der Waals surface area contributed by atoms with Gasteiger partial charge in [-0.15, -0.1) is 0 Å². The molecule has 2 heterocycles. The van der Waals surface area contributed by atoms with Crippen molar-refractivity contribution in [1.82, 2.24) is 15.0 Å². The van der Waals surface area contributed by atoms with Gasteiger partial charge < -0.3 is 0 Å². The summed E-state index contributed by atoms with van der Waals surface area (Å²) in [4.78, 5) is 14.9. The quantitative estimate of drug-likeness (QED) is 0.279. The van der Waals surface area contributed by atoms with Gasteiger partial charge in [0.15, 0.2) is 5.82 Å². The Kier molecular flexibility index (Phi) is 6.21. The molecule has 0 fully saturated rings. The number of aryl methyl sites for hydroxylation is 1. The number of pyridine rings is 1. The van der Waals surface area contributed by atoms with Crippen LogP contribution in [0.5, 0.6) is 0 Å². The maximum Gasteiger partial charge on any atom is 0.178 e. The molecule has 1 unspecified atom stereocenters. The van der Waals surface area contributed by atoms with Crippen molar-refractivity contribution in [3.8, 4) is 11.5 Å². The number of nitrogens with zero attached hydrogens (tertiary/aromatic N) is 3. The topological polar surface area (TPSA) is 38.7 Å². The van der Waals surface area contributed by atoms with Gasteiger partial charge in [-0.3, -0.25) is 0 Å². The summed E-state index contributed by atoms with van der Waals surface area (Å²) in [6, 6.07) is 35.7. The lowest BCUT2D eigenvalue weighted by molar-refractivity contribution is 0.774. The second kappa shape index (κ2) is 9.74. The Hall–Kier alpha value is -3.85. The molecule has 2 aromatic heterocycles. The van der Waals surface area contributed by atoms with E-state index in [0.717, 1.165) is 47.2 Å². The van der Waals surface area contributed by atoms with E-state index in [0.29, 0.717) is 5.82 Å². The molecule has 0 spiro atoms. The second-order valence-electron chi connectivity index (χ2n) is 8.36. The average Bonchev–Trinajstić information content (AvgIpc) is 2.88. The van der Waals surface area contributed by atoms with E-state index in [9.17, 15) is 0 Å². The van der Waals surface area contributed by atoms with Crippen LogP contribution < -0.4 is 0 Å². The van der Waals surface area contributed by atoms with Crippen LogP contribution in [0.1, 0.15) is 41.8 Å². The Balaban J connectivity index is 1.58. The van der Waals surface area contributed by atoms with Gasteiger partial charge in [0.2, 0.25) is 0 Å². The lowest BCUT2D eigenvalue weighted by atomic mass is 9.89. The van der Waals surface area contributed by atoms with E-state index in [-0.39, 0.29) is 5.92 Å². The molecule has 0 saturated heterocycles. The number of rotatable bonds is 7. The molecule has 33 heavy (non-hydrogen) atoms. The minimum atomic E-state index is 0.157. The highest BCUT2D eigenvalue weighted by atomic mass is 14.9. The summed E-state index contributed by atoms with van der Waals surface area (Å²) in [7, 11) is 0. The van der Waals surface area contributed by atoms with Crippen molar-refractivity contribution in [2.24, 2.45) is 0 Å². The molecule has 0 amide bonds. The van der Waals surface area contributed by atoms with Crippen LogP contribution in [-0.2, 0) is 12.8 Å². The SMILES string of the molecule is CCCc1nc(-c2cccc(C(Cc3ccccc3)c3ccccc3)n2)nc2ccccc12. The van der Waals surface area contributed by atoms with Gasteiger partial charge in [-0.05, 0) is 42.2 Å². The summed E-state index contributed by atoms with van der Waals surface area (Å²) >= 11 is 0. The molecular weight excluding hydrogens is 402 g/mol. The zero-order valence-corrected chi connectivity index (χ0v) is 18.9. The molecule has 162 valence electrons. The maximum absolute atomic E-state index is 5.10. The van der Waals surface area contributed by atoms with E-state index >= 15 is 0 Å². The highest BCUT2D eigenvalue weighted by molar-refractivity contribution is 5.82. The molecule has 0 aliphatic carbocycles. The molecule has 0 aliphatic rings. The van der Waals surface area contributed by atoms with Gasteiger partial charge in [0.1, 0.15) is 5.69 Å². The maximum atomic E-state index is 5.10. The van der Waals surface area contributed by atoms with Crippen molar-refractivity contribution >= 4 is 10.9 Å². The average molecular weight is 430 g/mol. The first-order valence-corrected chi connectivity index (χ1v) is 11.6. The number of benzene rings is 3. The van der Waals surface area contributed by atoms with Crippen molar-refractivity contribution in [2.75, 3.05) is 0 Å². The lowest BCUT2D eigenvalue weighted by Gasteiger charge is -2.18. The van der Waals surface area contributed by atoms with Crippen LogP contribution in [-0.4, -0.2) is 15.0 Å². The molecule has 0 radical (unpaired) electrons. The van der Waals surface area contributed by atoms with E-state index in [4.69, 9.17) is 15.0 Å². The smallest absolute Gasteiger partial charge is 0.178 e. The molecule has 0 N–H and O–H groups in total. The largest absolute Gasteiger partial charge is 0.249 e. The lowest BCUT2D eigenvalue weighted by Crippen LogP contribution is -2.08. The summed E-state index contributed by atoms with van der Waals surface area (Å²) in [6.07, 6.45) is 2.86. The van der Waals surface area contributed by atoms with Crippen LogP contribution in [0.25, 0.3) is 22.4 Å².